The van der Waals surface area contributed by atoms with Crippen molar-refractivity contribution in [3.8, 4) is 0 Å². The van der Waals surface area contributed by atoms with Gasteiger partial charge >= 0.3 is 6.03 Å². The minimum atomic E-state index is 0.111. The zero-order valence-electron chi connectivity index (χ0n) is 14.4. The smallest absolute Gasteiger partial charge is 0.318 e. The number of hydrogen-bond acceptors (Lipinski definition) is 3. The summed E-state index contributed by atoms with van der Waals surface area (Å²) in [4.78, 5) is 14.8. The van der Waals surface area contributed by atoms with Gasteiger partial charge in [0.15, 0.2) is 0 Å². The SMILES string of the molecule is CCS[C@@H]1CC[C@H](NC(=O)N2CCC[C@@H]2c2c(C)n[nH]c2C)C1. The van der Waals surface area contributed by atoms with Crippen LogP contribution in [0.5, 0.6) is 0 Å². The number of urea groups is 1. The number of rotatable bonds is 4. The van der Waals surface area contributed by atoms with Crippen molar-refractivity contribution in [2.75, 3.05) is 12.3 Å². The number of nitrogens with one attached hydrogen (secondary N) is 2. The zero-order chi connectivity index (χ0) is 16.4. The lowest BCUT2D eigenvalue weighted by Gasteiger charge is -2.27. The lowest BCUT2D eigenvalue weighted by molar-refractivity contribution is 0.189. The molecule has 0 bridgehead atoms. The van der Waals surface area contributed by atoms with Gasteiger partial charge in [-0.1, -0.05) is 6.92 Å². The molecule has 1 aromatic heterocycles. The molecule has 1 aliphatic carbocycles. The van der Waals surface area contributed by atoms with Crippen molar-refractivity contribution < 1.29 is 4.79 Å². The Hall–Kier alpha value is -1.17. The van der Waals surface area contributed by atoms with E-state index in [0.29, 0.717) is 6.04 Å². The van der Waals surface area contributed by atoms with Crippen molar-refractivity contribution in [1.29, 1.82) is 0 Å². The van der Waals surface area contributed by atoms with Gasteiger partial charge in [0.2, 0.25) is 0 Å². The van der Waals surface area contributed by atoms with Gasteiger partial charge in [0, 0.05) is 29.1 Å². The molecule has 3 rings (SSSR count). The quantitative estimate of drug-likeness (QED) is 0.884. The summed E-state index contributed by atoms with van der Waals surface area (Å²) < 4.78 is 0. The Morgan fingerprint density at radius 3 is 2.91 bits per heavy atom. The van der Waals surface area contributed by atoms with Gasteiger partial charge < -0.3 is 10.2 Å². The number of thioether (sulfide) groups is 1. The van der Waals surface area contributed by atoms with E-state index >= 15 is 0 Å². The van der Waals surface area contributed by atoms with Crippen LogP contribution in [0.1, 0.15) is 62.0 Å². The molecule has 1 aromatic rings. The molecule has 128 valence electrons. The maximum Gasteiger partial charge on any atom is 0.318 e. The first kappa shape index (κ1) is 16.7. The van der Waals surface area contributed by atoms with E-state index < -0.39 is 0 Å². The van der Waals surface area contributed by atoms with Crippen LogP contribution in [0.2, 0.25) is 0 Å². The first-order chi connectivity index (χ1) is 11.1. The van der Waals surface area contributed by atoms with Gasteiger partial charge in [0.25, 0.3) is 0 Å². The number of likely N-dealkylation sites (tertiary alicyclic amines) is 1. The standard InChI is InChI=1S/C17H28N4OS/c1-4-23-14-8-7-13(10-14)18-17(22)21-9-5-6-15(21)16-11(2)19-20-12(16)3/h13-15H,4-10H2,1-3H3,(H,18,22)(H,19,20)/t13-,14+,15+/m0/s1. The molecule has 5 nitrogen and oxygen atoms in total. The molecule has 1 aliphatic heterocycles. The highest BCUT2D eigenvalue weighted by Crippen LogP contribution is 2.35. The van der Waals surface area contributed by atoms with Gasteiger partial charge in [-0.25, -0.2) is 4.79 Å². The molecule has 3 atom stereocenters. The summed E-state index contributed by atoms with van der Waals surface area (Å²) in [5, 5.41) is 11.4. The van der Waals surface area contributed by atoms with Crippen molar-refractivity contribution >= 4 is 17.8 Å². The van der Waals surface area contributed by atoms with E-state index in [1.165, 1.54) is 17.7 Å². The number of carbonyl (C=O) groups is 1. The van der Waals surface area contributed by atoms with Crippen molar-refractivity contribution in [3.63, 3.8) is 0 Å². The molecule has 23 heavy (non-hydrogen) atoms. The molecule has 2 amide bonds. The van der Waals surface area contributed by atoms with Crippen LogP contribution in [0, 0.1) is 13.8 Å². The summed E-state index contributed by atoms with van der Waals surface area (Å²) >= 11 is 2.03. The topological polar surface area (TPSA) is 61.0 Å². The van der Waals surface area contributed by atoms with Crippen LogP contribution in [-0.4, -0.2) is 44.7 Å². The number of aromatic nitrogens is 2. The zero-order valence-corrected chi connectivity index (χ0v) is 15.2. The Balaban J connectivity index is 1.63. The molecule has 6 heteroatoms. The molecule has 0 radical (unpaired) electrons. The predicted molar refractivity (Wildman–Crippen MR) is 94.8 cm³/mol. The average molecular weight is 337 g/mol. The molecule has 2 heterocycles. The second kappa shape index (κ2) is 7.16. The van der Waals surface area contributed by atoms with Crippen molar-refractivity contribution in [3.05, 3.63) is 17.0 Å². The van der Waals surface area contributed by atoms with Gasteiger partial charge in [-0.3, -0.25) is 5.10 Å². The van der Waals surface area contributed by atoms with Gasteiger partial charge in [-0.2, -0.15) is 16.9 Å². The Morgan fingerprint density at radius 1 is 1.39 bits per heavy atom. The fraction of sp³-hybridized carbons (Fsp3) is 0.765. The Kier molecular flexibility index (Phi) is 5.19. The third kappa shape index (κ3) is 3.52. The van der Waals surface area contributed by atoms with Crippen LogP contribution in [-0.2, 0) is 0 Å². The van der Waals surface area contributed by atoms with Crippen LogP contribution in [0.3, 0.4) is 0 Å². The minimum absolute atomic E-state index is 0.111. The number of amides is 2. The lowest BCUT2D eigenvalue weighted by Crippen LogP contribution is -2.44. The molecule has 2 N–H and O–H groups in total. The van der Waals surface area contributed by atoms with Crippen LogP contribution in [0.25, 0.3) is 0 Å². The largest absolute Gasteiger partial charge is 0.335 e. The molecule has 0 aromatic carbocycles. The molecule has 2 aliphatic rings. The first-order valence-electron chi connectivity index (χ1n) is 8.80. The number of hydrogen-bond donors (Lipinski definition) is 2. The maximum atomic E-state index is 12.8. The van der Waals surface area contributed by atoms with E-state index in [0.717, 1.165) is 48.9 Å². The molecular weight excluding hydrogens is 308 g/mol. The highest BCUT2D eigenvalue weighted by Gasteiger charge is 2.35. The maximum absolute atomic E-state index is 12.8. The lowest BCUT2D eigenvalue weighted by atomic mass is 10.0. The first-order valence-corrected chi connectivity index (χ1v) is 9.85. The van der Waals surface area contributed by atoms with E-state index in [-0.39, 0.29) is 12.1 Å². The van der Waals surface area contributed by atoms with Gasteiger partial charge in [-0.15, -0.1) is 0 Å². The minimum Gasteiger partial charge on any atom is -0.335 e. The third-order valence-electron chi connectivity index (χ3n) is 5.15. The van der Waals surface area contributed by atoms with Crippen molar-refractivity contribution in [2.45, 2.75) is 70.2 Å². The van der Waals surface area contributed by atoms with Crippen LogP contribution < -0.4 is 5.32 Å². The van der Waals surface area contributed by atoms with Crippen molar-refractivity contribution in [2.24, 2.45) is 0 Å². The fourth-order valence-corrected chi connectivity index (χ4v) is 5.22. The Labute approximate surface area is 143 Å². The molecule has 0 spiro atoms. The normalized spacial score (nSPS) is 27.6. The Bertz CT molecular complexity index is 539. The molecule has 0 unspecified atom stereocenters. The molecule has 1 saturated heterocycles. The van der Waals surface area contributed by atoms with Gasteiger partial charge in [-0.05, 0) is 51.7 Å². The summed E-state index contributed by atoms with van der Waals surface area (Å²) in [5.41, 5.74) is 3.32. The second-order valence-electron chi connectivity index (χ2n) is 6.74. The monoisotopic (exact) mass is 336 g/mol. The van der Waals surface area contributed by atoms with Gasteiger partial charge in [0.05, 0.1) is 11.7 Å². The van der Waals surface area contributed by atoms with E-state index in [1.807, 2.05) is 30.5 Å². The Morgan fingerprint density at radius 2 is 2.22 bits per heavy atom. The number of H-pyrrole nitrogens is 1. The van der Waals surface area contributed by atoms with Crippen molar-refractivity contribution in [1.82, 2.24) is 20.4 Å². The number of carbonyl (C=O) groups excluding carboxylic acids is 1. The van der Waals surface area contributed by atoms with Crippen LogP contribution in [0.15, 0.2) is 0 Å². The summed E-state index contributed by atoms with van der Waals surface area (Å²) in [7, 11) is 0. The summed E-state index contributed by atoms with van der Waals surface area (Å²) in [6.45, 7) is 7.13. The number of aryl methyl sites for hydroxylation is 2. The molecular formula is C17H28N4OS. The highest BCUT2D eigenvalue weighted by molar-refractivity contribution is 7.99. The summed E-state index contributed by atoms with van der Waals surface area (Å²) in [6.07, 6.45) is 5.57. The van der Waals surface area contributed by atoms with E-state index in [9.17, 15) is 4.79 Å². The predicted octanol–water partition coefficient (Wildman–Crippen LogP) is 3.55. The highest BCUT2D eigenvalue weighted by atomic mass is 32.2. The third-order valence-corrected chi connectivity index (χ3v) is 6.38. The van der Waals surface area contributed by atoms with Gasteiger partial charge in [0.1, 0.15) is 0 Å². The van der Waals surface area contributed by atoms with E-state index in [2.05, 4.69) is 22.4 Å². The average Bonchev–Trinajstić information content (AvgIpc) is 3.21. The summed E-state index contributed by atoms with van der Waals surface area (Å²) in [5.74, 6) is 1.17. The van der Waals surface area contributed by atoms with E-state index in [1.54, 1.807) is 0 Å². The number of nitrogens with zero attached hydrogens (tertiary/aromatic N) is 2. The summed E-state index contributed by atoms with van der Waals surface area (Å²) in [6, 6.07) is 0.634. The molecule has 2 fully saturated rings. The van der Waals surface area contributed by atoms with E-state index in [4.69, 9.17) is 0 Å². The molecule has 1 saturated carbocycles. The fourth-order valence-electron chi connectivity index (χ4n) is 4.08. The van der Waals surface area contributed by atoms with Crippen LogP contribution in [0.4, 0.5) is 4.79 Å². The second-order valence-corrected chi connectivity index (χ2v) is 8.31. The number of aromatic amines is 1. The van der Waals surface area contributed by atoms with Crippen LogP contribution >= 0.6 is 11.8 Å².